The molecule has 0 radical (unpaired) electrons. The standard InChI is InChI=1S/C21H22ClNO4S.BrH/c1-12(24)26-19-10-17-16(20(22)21(19)27-13(2)25)8-9-23-11-18(17)14-4-6-15(28-3)7-5-14;/h4-7,10,18,23H,8-9,11H2,1-3H3;1H. The molecular weight excluding hydrogens is 478 g/mol. The van der Waals surface area contributed by atoms with Gasteiger partial charge in [-0.05, 0) is 54.1 Å². The summed E-state index contributed by atoms with van der Waals surface area (Å²) >= 11 is 8.32. The summed E-state index contributed by atoms with van der Waals surface area (Å²) in [5.74, 6) is -0.726. The lowest BCUT2D eigenvalue weighted by Gasteiger charge is -2.22. The molecule has 1 aliphatic rings. The zero-order chi connectivity index (χ0) is 20.3. The molecular formula is C21H23BrClNO4S. The number of carbonyl (C=O) groups is 2. The summed E-state index contributed by atoms with van der Waals surface area (Å²) in [5, 5.41) is 3.76. The van der Waals surface area contributed by atoms with Gasteiger partial charge in [-0.1, -0.05) is 23.7 Å². The van der Waals surface area contributed by atoms with E-state index in [-0.39, 0.29) is 34.4 Å². The van der Waals surface area contributed by atoms with E-state index in [9.17, 15) is 9.59 Å². The van der Waals surface area contributed by atoms with Crippen LogP contribution in [0.2, 0.25) is 5.02 Å². The molecule has 0 bridgehead atoms. The monoisotopic (exact) mass is 499 g/mol. The molecule has 3 rings (SSSR count). The summed E-state index contributed by atoms with van der Waals surface area (Å²) in [6.45, 7) is 4.07. The maximum absolute atomic E-state index is 11.6. The van der Waals surface area contributed by atoms with Gasteiger partial charge in [0, 0.05) is 31.2 Å². The first-order valence-corrected chi connectivity index (χ1v) is 10.6. The molecule has 0 fully saturated rings. The van der Waals surface area contributed by atoms with Crippen LogP contribution in [0.4, 0.5) is 0 Å². The molecule has 0 amide bonds. The van der Waals surface area contributed by atoms with Gasteiger partial charge in [0.25, 0.3) is 0 Å². The fourth-order valence-corrected chi connectivity index (χ4v) is 4.15. The van der Waals surface area contributed by atoms with Gasteiger partial charge in [0.15, 0.2) is 11.5 Å². The molecule has 156 valence electrons. The van der Waals surface area contributed by atoms with Crippen LogP contribution in [0.25, 0.3) is 0 Å². The number of rotatable bonds is 4. The second-order valence-electron chi connectivity index (χ2n) is 6.55. The first kappa shape index (κ1) is 23.7. The van der Waals surface area contributed by atoms with E-state index in [1.165, 1.54) is 18.7 Å². The van der Waals surface area contributed by atoms with Gasteiger partial charge in [-0.15, -0.1) is 28.7 Å². The maximum Gasteiger partial charge on any atom is 0.308 e. The zero-order valence-corrected chi connectivity index (χ0v) is 19.7. The molecule has 2 aromatic carbocycles. The normalized spacial score (nSPS) is 15.5. The quantitative estimate of drug-likeness (QED) is 0.371. The molecule has 1 heterocycles. The average molecular weight is 501 g/mol. The smallest absolute Gasteiger partial charge is 0.308 e. The number of hydrogen-bond donors (Lipinski definition) is 1. The summed E-state index contributed by atoms with van der Waals surface area (Å²) in [5.41, 5.74) is 3.01. The van der Waals surface area contributed by atoms with Crippen LogP contribution in [0.1, 0.15) is 36.5 Å². The topological polar surface area (TPSA) is 64.6 Å². The van der Waals surface area contributed by atoms with Crippen molar-refractivity contribution < 1.29 is 19.1 Å². The molecule has 29 heavy (non-hydrogen) atoms. The second-order valence-corrected chi connectivity index (χ2v) is 7.81. The Hall–Kier alpha value is -1.54. The summed E-state index contributed by atoms with van der Waals surface area (Å²) in [6, 6.07) is 10.2. The van der Waals surface area contributed by atoms with E-state index >= 15 is 0 Å². The van der Waals surface area contributed by atoms with Crippen LogP contribution in [0.3, 0.4) is 0 Å². The van der Waals surface area contributed by atoms with Crippen LogP contribution in [0.5, 0.6) is 11.5 Å². The highest BCUT2D eigenvalue weighted by atomic mass is 79.9. The SMILES string of the molecule is Br.CSc1ccc(C2CNCCc3c2cc(OC(C)=O)c(OC(C)=O)c3Cl)cc1. The van der Waals surface area contributed by atoms with Crippen LogP contribution in [0.15, 0.2) is 35.2 Å². The van der Waals surface area contributed by atoms with Crippen molar-refractivity contribution in [3.63, 3.8) is 0 Å². The van der Waals surface area contributed by atoms with Crippen molar-refractivity contribution >= 4 is 52.3 Å². The molecule has 0 saturated carbocycles. The van der Waals surface area contributed by atoms with E-state index in [4.69, 9.17) is 21.1 Å². The Bertz CT molecular complexity index is 905. The Morgan fingerprint density at radius 1 is 1.14 bits per heavy atom. The van der Waals surface area contributed by atoms with Gasteiger partial charge in [0.05, 0.1) is 5.02 Å². The highest BCUT2D eigenvalue weighted by Gasteiger charge is 2.28. The van der Waals surface area contributed by atoms with Crippen molar-refractivity contribution in [3.8, 4) is 11.5 Å². The number of hydrogen-bond acceptors (Lipinski definition) is 6. The lowest BCUT2D eigenvalue weighted by molar-refractivity contribution is -0.134. The van der Waals surface area contributed by atoms with E-state index in [1.54, 1.807) is 17.8 Å². The number of nitrogens with one attached hydrogen (secondary N) is 1. The van der Waals surface area contributed by atoms with E-state index in [0.29, 0.717) is 11.4 Å². The molecule has 1 unspecified atom stereocenters. The first-order valence-electron chi connectivity index (χ1n) is 8.97. The van der Waals surface area contributed by atoms with Gasteiger partial charge in [-0.3, -0.25) is 9.59 Å². The Morgan fingerprint density at radius 2 is 1.79 bits per heavy atom. The van der Waals surface area contributed by atoms with Crippen LogP contribution >= 0.6 is 40.3 Å². The molecule has 0 aromatic heterocycles. The highest BCUT2D eigenvalue weighted by Crippen LogP contribution is 2.44. The third-order valence-corrected chi connectivity index (χ3v) is 5.76. The summed E-state index contributed by atoms with van der Waals surface area (Å²) in [6.07, 6.45) is 2.72. The van der Waals surface area contributed by atoms with Crippen molar-refractivity contribution in [2.45, 2.75) is 31.1 Å². The molecule has 1 aliphatic heterocycles. The van der Waals surface area contributed by atoms with Gasteiger partial charge in [0.2, 0.25) is 0 Å². The predicted octanol–water partition coefficient (Wildman–Crippen LogP) is 4.77. The minimum Gasteiger partial charge on any atom is -0.423 e. The summed E-state index contributed by atoms with van der Waals surface area (Å²) in [7, 11) is 0. The van der Waals surface area contributed by atoms with Crippen LogP contribution in [0, 0.1) is 0 Å². The molecule has 5 nitrogen and oxygen atoms in total. The van der Waals surface area contributed by atoms with E-state index in [0.717, 1.165) is 29.8 Å². The molecule has 0 saturated heterocycles. The number of ether oxygens (including phenoxy) is 2. The van der Waals surface area contributed by atoms with E-state index in [1.807, 2.05) is 6.26 Å². The molecule has 1 atom stereocenters. The largest absolute Gasteiger partial charge is 0.423 e. The second kappa shape index (κ2) is 10.5. The van der Waals surface area contributed by atoms with Crippen LogP contribution in [-0.4, -0.2) is 31.3 Å². The predicted molar refractivity (Wildman–Crippen MR) is 121 cm³/mol. The van der Waals surface area contributed by atoms with Crippen LogP contribution in [-0.2, 0) is 16.0 Å². The zero-order valence-electron chi connectivity index (χ0n) is 16.4. The van der Waals surface area contributed by atoms with Crippen molar-refractivity contribution in [1.29, 1.82) is 0 Å². The number of halogens is 2. The Labute approximate surface area is 190 Å². The number of thioether (sulfide) groups is 1. The van der Waals surface area contributed by atoms with Gasteiger partial charge >= 0.3 is 11.9 Å². The third-order valence-electron chi connectivity index (χ3n) is 4.62. The van der Waals surface area contributed by atoms with E-state index in [2.05, 4.69) is 29.6 Å². The summed E-state index contributed by atoms with van der Waals surface area (Å²) < 4.78 is 10.6. The van der Waals surface area contributed by atoms with E-state index < -0.39 is 11.9 Å². The molecule has 0 aliphatic carbocycles. The fraction of sp³-hybridized carbons (Fsp3) is 0.333. The Balaban J connectivity index is 0.00000300. The molecule has 8 heteroatoms. The number of carbonyl (C=O) groups excluding carboxylic acids is 2. The van der Waals surface area contributed by atoms with Crippen molar-refractivity contribution in [3.05, 3.63) is 52.0 Å². The van der Waals surface area contributed by atoms with Crippen molar-refractivity contribution in [1.82, 2.24) is 5.32 Å². The minimum atomic E-state index is -0.522. The first-order chi connectivity index (χ1) is 13.4. The maximum atomic E-state index is 11.6. The lowest BCUT2D eigenvalue weighted by Crippen LogP contribution is -2.20. The van der Waals surface area contributed by atoms with Gasteiger partial charge in [0.1, 0.15) is 0 Å². The fourth-order valence-electron chi connectivity index (χ4n) is 3.40. The Morgan fingerprint density at radius 3 is 2.38 bits per heavy atom. The molecule has 0 spiro atoms. The van der Waals surface area contributed by atoms with Crippen molar-refractivity contribution in [2.75, 3.05) is 19.3 Å². The number of fused-ring (bicyclic) bond motifs is 1. The van der Waals surface area contributed by atoms with Gasteiger partial charge in [-0.25, -0.2) is 0 Å². The number of esters is 2. The van der Waals surface area contributed by atoms with Gasteiger partial charge < -0.3 is 14.8 Å². The molecule has 2 aromatic rings. The lowest BCUT2D eigenvalue weighted by atomic mass is 9.87. The Kier molecular flexibility index (Phi) is 8.58. The summed E-state index contributed by atoms with van der Waals surface area (Å²) in [4.78, 5) is 24.3. The molecule has 1 N–H and O–H groups in total. The minimum absolute atomic E-state index is 0. The van der Waals surface area contributed by atoms with Crippen molar-refractivity contribution in [2.24, 2.45) is 0 Å². The average Bonchev–Trinajstić information content (AvgIpc) is 2.87. The highest BCUT2D eigenvalue weighted by molar-refractivity contribution is 8.93. The number of benzene rings is 2. The van der Waals surface area contributed by atoms with Gasteiger partial charge in [-0.2, -0.15) is 0 Å². The third kappa shape index (κ3) is 5.54. The van der Waals surface area contributed by atoms with Crippen LogP contribution < -0.4 is 14.8 Å².